The Bertz CT molecular complexity index is 1140. The summed E-state index contributed by atoms with van der Waals surface area (Å²) >= 11 is 0. The van der Waals surface area contributed by atoms with Crippen molar-refractivity contribution in [3.05, 3.63) is 47.8 Å². The molecule has 1 aromatic heterocycles. The maximum Gasteiger partial charge on any atom is 0.255 e. The Morgan fingerprint density at radius 2 is 2.04 bits per heavy atom. The number of ether oxygens (including phenoxy) is 2. The van der Waals surface area contributed by atoms with Crippen molar-refractivity contribution in [2.45, 2.75) is 26.8 Å². The maximum atomic E-state index is 13.4. The minimum atomic E-state index is -3.06. The molecule has 3 aromatic rings. The molecule has 27 heavy (non-hydrogen) atoms. The molecule has 0 saturated carbocycles. The lowest BCUT2D eigenvalue weighted by atomic mass is 10.0. The highest BCUT2D eigenvalue weighted by Crippen LogP contribution is 2.40. The molecule has 0 bridgehead atoms. The van der Waals surface area contributed by atoms with Gasteiger partial charge in [0.2, 0.25) is 0 Å². The number of benzene rings is 2. The number of rotatable bonds is 6. The van der Waals surface area contributed by atoms with Crippen LogP contribution in [0.15, 0.2) is 40.8 Å². The largest absolute Gasteiger partial charge is 0.490 e. The van der Waals surface area contributed by atoms with Crippen LogP contribution in [0, 0.1) is 5.82 Å². The monoisotopic (exact) mass is 376 g/mol. The summed E-state index contributed by atoms with van der Waals surface area (Å²) in [6.45, 7) is -2.62. The zero-order valence-electron chi connectivity index (χ0n) is 20.1. The number of nitrogens with one attached hydrogen (secondary N) is 1. The van der Waals surface area contributed by atoms with Crippen LogP contribution in [-0.4, -0.2) is 25.6 Å². The summed E-state index contributed by atoms with van der Waals surface area (Å²) in [6, 6.07) is 8.06. The Balaban J connectivity index is 2.26. The molecule has 5 nitrogen and oxygen atoms in total. The van der Waals surface area contributed by atoms with Gasteiger partial charge in [-0.15, -0.1) is 0 Å². The second-order valence-corrected chi connectivity index (χ2v) is 6.06. The Labute approximate surface area is 164 Å². The van der Waals surface area contributed by atoms with Crippen LogP contribution in [0.5, 0.6) is 11.5 Å². The smallest absolute Gasteiger partial charge is 0.255 e. The molecule has 0 saturated heterocycles. The van der Waals surface area contributed by atoms with E-state index in [0.29, 0.717) is 10.9 Å². The lowest BCUT2D eigenvalue weighted by Gasteiger charge is -2.14. The van der Waals surface area contributed by atoms with Gasteiger partial charge in [-0.05, 0) is 51.0 Å². The van der Waals surface area contributed by atoms with Crippen molar-refractivity contribution in [1.82, 2.24) is 5.32 Å². The Morgan fingerprint density at radius 3 is 2.67 bits per heavy atom. The third-order valence-corrected chi connectivity index (χ3v) is 3.84. The van der Waals surface area contributed by atoms with E-state index in [9.17, 15) is 9.18 Å². The number of halogens is 1. The van der Waals surface area contributed by atoms with Gasteiger partial charge in [-0.3, -0.25) is 4.79 Å². The van der Waals surface area contributed by atoms with E-state index in [2.05, 4.69) is 5.32 Å². The average Bonchev–Trinajstić information content (AvgIpc) is 3.04. The highest BCUT2D eigenvalue weighted by molar-refractivity contribution is 6.11. The van der Waals surface area contributed by atoms with Crippen molar-refractivity contribution in [3.8, 4) is 22.8 Å². The van der Waals surface area contributed by atoms with Gasteiger partial charge in [-0.2, -0.15) is 0 Å². The summed E-state index contributed by atoms with van der Waals surface area (Å²) in [4.78, 5) is 12.7. The molecule has 0 spiro atoms. The third-order valence-electron chi connectivity index (χ3n) is 3.84. The van der Waals surface area contributed by atoms with Crippen molar-refractivity contribution >= 4 is 16.9 Å². The number of carbonyl (C=O) groups is 1. The zero-order chi connectivity index (χ0) is 23.8. The fourth-order valence-corrected chi connectivity index (χ4v) is 2.74. The first-order chi connectivity index (χ1) is 14.8. The number of carbonyl (C=O) groups excluding carboxylic acids is 1. The van der Waals surface area contributed by atoms with Crippen molar-refractivity contribution in [1.29, 1.82) is 0 Å². The molecule has 2 aromatic carbocycles. The maximum absolute atomic E-state index is 13.4. The van der Waals surface area contributed by atoms with Crippen LogP contribution < -0.4 is 14.8 Å². The van der Waals surface area contributed by atoms with E-state index in [1.807, 2.05) is 0 Å². The molecular formula is C21H22FNO4. The van der Waals surface area contributed by atoms with Crippen LogP contribution in [0.3, 0.4) is 0 Å². The van der Waals surface area contributed by atoms with E-state index in [1.54, 1.807) is 13.8 Å². The molecule has 1 amide bonds. The van der Waals surface area contributed by atoms with Crippen LogP contribution in [0.2, 0.25) is 0 Å². The van der Waals surface area contributed by atoms with Gasteiger partial charge >= 0.3 is 0 Å². The second-order valence-electron chi connectivity index (χ2n) is 6.06. The zero-order valence-corrected chi connectivity index (χ0v) is 15.1. The minimum absolute atomic E-state index is 0.0391. The molecule has 0 aliphatic carbocycles. The van der Waals surface area contributed by atoms with Gasteiger partial charge in [-0.1, -0.05) is 0 Å². The third kappa shape index (κ3) is 3.74. The van der Waals surface area contributed by atoms with Gasteiger partial charge in [-0.25, -0.2) is 4.39 Å². The van der Waals surface area contributed by atoms with E-state index in [1.165, 1.54) is 43.4 Å². The molecule has 0 aliphatic heterocycles. The predicted molar refractivity (Wildman–Crippen MR) is 102 cm³/mol. The summed E-state index contributed by atoms with van der Waals surface area (Å²) in [7, 11) is 1.45. The summed E-state index contributed by atoms with van der Waals surface area (Å²) in [5.41, 5.74) is 0.733. The number of furan rings is 1. The van der Waals surface area contributed by atoms with Crippen molar-refractivity contribution in [3.63, 3.8) is 0 Å². The first-order valence-corrected chi connectivity index (χ1v) is 8.28. The van der Waals surface area contributed by atoms with E-state index in [0.717, 1.165) is 0 Å². The van der Waals surface area contributed by atoms with E-state index in [4.69, 9.17) is 20.7 Å². The van der Waals surface area contributed by atoms with E-state index >= 15 is 0 Å². The molecule has 0 aliphatic rings. The van der Waals surface area contributed by atoms with Crippen molar-refractivity contribution in [2.24, 2.45) is 0 Å². The Hall–Kier alpha value is -3.02. The number of amides is 1. The van der Waals surface area contributed by atoms with Gasteiger partial charge in [0.25, 0.3) is 5.91 Å². The van der Waals surface area contributed by atoms with Gasteiger partial charge in [0, 0.05) is 28.2 Å². The summed E-state index contributed by atoms with van der Waals surface area (Å²) in [6.07, 6.45) is -0.361. The fraction of sp³-hybridized carbons (Fsp3) is 0.286. The van der Waals surface area contributed by atoms with Gasteiger partial charge in [0.15, 0.2) is 11.5 Å². The summed E-state index contributed by atoms with van der Waals surface area (Å²) in [5.74, 6) is -0.926. The lowest BCUT2D eigenvalue weighted by molar-refractivity contribution is 0.0964. The SMILES string of the molecule is [2H]C([2H])([2H])C([2H])([2H])Oc1cc2oc(-c3ccc(F)cc3)c(C(=O)NC)c2cc1OC(C)C. The standard InChI is InChI=1S/C21H22FNO4/c1-5-25-17-11-16-15(10-18(17)26-12(2)3)19(21(24)23-4)20(27-16)13-6-8-14(22)9-7-13/h6-12H,5H2,1-4H3,(H,23,24)/i1D3,5D2. The van der Waals surface area contributed by atoms with Gasteiger partial charge < -0.3 is 19.2 Å². The molecule has 0 atom stereocenters. The van der Waals surface area contributed by atoms with Crippen LogP contribution in [-0.2, 0) is 0 Å². The number of hydrogen-bond donors (Lipinski definition) is 1. The topological polar surface area (TPSA) is 60.7 Å². The van der Waals surface area contributed by atoms with Crippen LogP contribution in [0.25, 0.3) is 22.3 Å². The van der Waals surface area contributed by atoms with Crippen molar-refractivity contribution < 1.29 is 29.9 Å². The molecule has 1 heterocycles. The van der Waals surface area contributed by atoms with Crippen LogP contribution >= 0.6 is 0 Å². The van der Waals surface area contributed by atoms with E-state index in [-0.39, 0.29) is 34.5 Å². The summed E-state index contributed by atoms with van der Waals surface area (Å²) < 4.78 is 67.9. The van der Waals surface area contributed by atoms with E-state index < -0.39 is 25.1 Å². The number of hydrogen-bond acceptors (Lipinski definition) is 4. The normalized spacial score (nSPS) is 14.8. The Kier molecular flexibility index (Phi) is 3.76. The average molecular weight is 376 g/mol. The first-order valence-electron chi connectivity index (χ1n) is 10.8. The van der Waals surface area contributed by atoms with Gasteiger partial charge in [0.1, 0.15) is 17.2 Å². The van der Waals surface area contributed by atoms with Crippen LogP contribution in [0.1, 0.15) is 37.9 Å². The molecule has 0 fully saturated rings. The Morgan fingerprint density at radius 1 is 1.30 bits per heavy atom. The first kappa shape index (κ1) is 13.2. The second kappa shape index (κ2) is 7.70. The van der Waals surface area contributed by atoms with Crippen LogP contribution in [0.4, 0.5) is 4.39 Å². The lowest BCUT2D eigenvalue weighted by Crippen LogP contribution is -2.18. The fourth-order valence-electron chi connectivity index (χ4n) is 2.74. The molecule has 3 rings (SSSR count). The van der Waals surface area contributed by atoms with Crippen molar-refractivity contribution in [2.75, 3.05) is 13.6 Å². The summed E-state index contributed by atoms with van der Waals surface area (Å²) in [5, 5.41) is 2.87. The minimum Gasteiger partial charge on any atom is -0.490 e. The highest BCUT2D eigenvalue weighted by Gasteiger charge is 2.24. The molecule has 1 N–H and O–H groups in total. The predicted octanol–water partition coefficient (Wildman–Crippen LogP) is 4.78. The quantitative estimate of drug-likeness (QED) is 0.672. The molecule has 142 valence electrons. The molecule has 6 heteroatoms. The molecule has 0 unspecified atom stereocenters. The molecule has 0 radical (unpaired) electrons. The number of fused-ring (bicyclic) bond motifs is 1. The highest BCUT2D eigenvalue weighted by atomic mass is 19.1. The van der Waals surface area contributed by atoms with Gasteiger partial charge in [0.05, 0.1) is 21.0 Å². The molecular weight excluding hydrogens is 349 g/mol.